The number of amides is 1. The number of nitrogens with zero attached hydrogens (tertiary/aromatic N) is 2. The maximum absolute atomic E-state index is 13.8. The highest BCUT2D eigenvalue weighted by molar-refractivity contribution is 5.77. The molecule has 0 unspecified atom stereocenters. The van der Waals surface area contributed by atoms with Crippen molar-refractivity contribution < 1.29 is 18.3 Å². The van der Waals surface area contributed by atoms with E-state index in [1.54, 1.807) is 7.11 Å². The Labute approximate surface area is 146 Å². The van der Waals surface area contributed by atoms with Gasteiger partial charge in [-0.2, -0.15) is 0 Å². The Morgan fingerprint density at radius 2 is 1.84 bits per heavy atom. The highest BCUT2D eigenvalue weighted by Gasteiger charge is 2.54. The van der Waals surface area contributed by atoms with Crippen molar-refractivity contribution in [3.63, 3.8) is 0 Å². The van der Waals surface area contributed by atoms with Crippen LogP contribution in [0.15, 0.2) is 18.2 Å². The molecule has 4 fully saturated rings. The van der Waals surface area contributed by atoms with E-state index in [2.05, 4.69) is 4.90 Å². The van der Waals surface area contributed by atoms with Crippen molar-refractivity contribution in [1.82, 2.24) is 9.80 Å². The summed E-state index contributed by atoms with van der Waals surface area (Å²) in [7, 11) is 1.59. The topological polar surface area (TPSA) is 32.8 Å². The maximum Gasteiger partial charge on any atom is 0.225 e. The van der Waals surface area contributed by atoms with Crippen LogP contribution in [0.3, 0.4) is 0 Å². The molecule has 4 nitrogen and oxygen atoms in total. The van der Waals surface area contributed by atoms with E-state index in [0.717, 1.165) is 32.0 Å². The first-order chi connectivity index (χ1) is 12.1. The third kappa shape index (κ3) is 2.95. The van der Waals surface area contributed by atoms with Crippen LogP contribution < -0.4 is 0 Å². The number of hydrogen-bond acceptors (Lipinski definition) is 3. The van der Waals surface area contributed by atoms with Gasteiger partial charge in [0, 0.05) is 31.7 Å². The number of hydrogen-bond donors (Lipinski definition) is 0. The molecule has 6 heteroatoms. The van der Waals surface area contributed by atoms with Gasteiger partial charge in [0.05, 0.1) is 19.1 Å². The molecule has 4 aliphatic rings. The number of ether oxygens (including phenoxy) is 1. The fourth-order valence-corrected chi connectivity index (χ4v) is 5.12. The second-order valence-corrected chi connectivity index (χ2v) is 7.45. The van der Waals surface area contributed by atoms with Gasteiger partial charge in [0.1, 0.15) is 11.6 Å². The lowest BCUT2D eigenvalue weighted by molar-refractivity contribution is -0.136. The lowest BCUT2D eigenvalue weighted by Crippen LogP contribution is -2.60. The standard InChI is InChI=1S/C19H24F2N2O2/c1-25-7-4-17(24)23-11-16(13-8-14(20)10-15(21)9-13)19-18(23)12-2-5-22(19)6-3-12/h8-10,12,16,18-19H,2-7,11H2,1H3/t16-,18+,19+/m0/s1. The van der Waals surface area contributed by atoms with Crippen LogP contribution in [0.25, 0.3) is 0 Å². The minimum Gasteiger partial charge on any atom is -0.384 e. The van der Waals surface area contributed by atoms with Crippen molar-refractivity contribution in [2.24, 2.45) is 5.92 Å². The summed E-state index contributed by atoms with van der Waals surface area (Å²) in [5.41, 5.74) is 0.669. The molecule has 0 aliphatic carbocycles. The first kappa shape index (κ1) is 16.9. The lowest BCUT2D eigenvalue weighted by atomic mass is 9.75. The molecule has 1 amide bonds. The van der Waals surface area contributed by atoms with Crippen LogP contribution in [0.4, 0.5) is 8.78 Å². The molecule has 0 aromatic heterocycles. The quantitative estimate of drug-likeness (QED) is 0.836. The molecule has 4 aliphatic heterocycles. The largest absolute Gasteiger partial charge is 0.384 e. The minimum absolute atomic E-state index is 0.0372. The van der Waals surface area contributed by atoms with Gasteiger partial charge in [-0.3, -0.25) is 9.69 Å². The molecule has 4 saturated heterocycles. The number of rotatable bonds is 4. The van der Waals surface area contributed by atoms with Crippen molar-refractivity contribution in [2.75, 3.05) is 33.4 Å². The highest BCUT2D eigenvalue weighted by Crippen LogP contribution is 2.46. The maximum atomic E-state index is 13.8. The summed E-state index contributed by atoms with van der Waals surface area (Å²) in [5.74, 6) is -0.557. The van der Waals surface area contributed by atoms with Gasteiger partial charge in [-0.15, -0.1) is 0 Å². The number of methoxy groups -OCH3 is 1. The first-order valence-electron chi connectivity index (χ1n) is 9.07. The smallest absolute Gasteiger partial charge is 0.225 e. The molecular formula is C19H24F2N2O2. The van der Waals surface area contributed by atoms with Crippen LogP contribution in [0.1, 0.15) is 30.7 Å². The molecule has 4 heterocycles. The number of likely N-dealkylation sites (tertiary alicyclic amines) is 1. The Morgan fingerprint density at radius 3 is 2.48 bits per heavy atom. The number of carbonyl (C=O) groups is 1. The summed E-state index contributed by atoms with van der Waals surface area (Å²) in [5, 5.41) is 0. The predicted octanol–water partition coefficient (Wildman–Crippen LogP) is 2.39. The van der Waals surface area contributed by atoms with Gasteiger partial charge in [0.2, 0.25) is 5.91 Å². The third-order valence-electron chi connectivity index (χ3n) is 6.15. The van der Waals surface area contributed by atoms with Crippen molar-refractivity contribution in [3.05, 3.63) is 35.4 Å². The molecule has 0 saturated carbocycles. The second-order valence-electron chi connectivity index (χ2n) is 7.45. The fraction of sp³-hybridized carbons (Fsp3) is 0.632. The van der Waals surface area contributed by atoms with E-state index in [0.29, 0.717) is 31.1 Å². The van der Waals surface area contributed by atoms with Crippen LogP contribution in [-0.4, -0.2) is 61.1 Å². The van der Waals surface area contributed by atoms with Gasteiger partial charge in [-0.25, -0.2) is 8.78 Å². The van der Waals surface area contributed by atoms with E-state index in [9.17, 15) is 13.6 Å². The van der Waals surface area contributed by atoms with E-state index >= 15 is 0 Å². The molecule has 25 heavy (non-hydrogen) atoms. The van der Waals surface area contributed by atoms with Crippen molar-refractivity contribution in [1.29, 1.82) is 0 Å². The van der Waals surface area contributed by atoms with Gasteiger partial charge in [-0.05, 0) is 49.5 Å². The number of benzene rings is 1. The number of halogens is 2. The van der Waals surface area contributed by atoms with Crippen LogP contribution in [0, 0.1) is 17.6 Å². The normalized spacial score (nSPS) is 33.6. The second kappa shape index (κ2) is 6.65. The van der Waals surface area contributed by atoms with Crippen LogP contribution >= 0.6 is 0 Å². The molecule has 0 spiro atoms. The highest BCUT2D eigenvalue weighted by atomic mass is 19.1. The Morgan fingerprint density at radius 1 is 1.16 bits per heavy atom. The summed E-state index contributed by atoms with van der Waals surface area (Å²) < 4.78 is 32.6. The predicted molar refractivity (Wildman–Crippen MR) is 89.2 cm³/mol. The molecular weight excluding hydrogens is 326 g/mol. The Balaban J connectivity index is 1.67. The van der Waals surface area contributed by atoms with Gasteiger partial charge < -0.3 is 9.64 Å². The fourth-order valence-electron chi connectivity index (χ4n) is 5.12. The van der Waals surface area contributed by atoms with E-state index < -0.39 is 11.6 Å². The zero-order chi connectivity index (χ0) is 17.6. The van der Waals surface area contributed by atoms with Gasteiger partial charge in [-0.1, -0.05) is 0 Å². The van der Waals surface area contributed by atoms with E-state index in [1.807, 2.05) is 4.90 Å². The van der Waals surface area contributed by atoms with Crippen LogP contribution in [-0.2, 0) is 9.53 Å². The van der Waals surface area contributed by atoms with E-state index in [1.165, 1.54) is 12.1 Å². The SMILES string of the molecule is COCCC(=O)N1C[C@@H](c2cc(F)cc(F)c2)[C@@H]2[C@H]1C1CCN2CC1. The summed E-state index contributed by atoms with van der Waals surface area (Å²) in [6.45, 7) is 2.97. The molecule has 3 atom stereocenters. The minimum atomic E-state index is -0.549. The molecule has 1 aromatic rings. The van der Waals surface area contributed by atoms with Crippen molar-refractivity contribution >= 4 is 5.91 Å². The molecule has 2 bridgehead atoms. The van der Waals surface area contributed by atoms with Crippen LogP contribution in [0.2, 0.25) is 0 Å². The Kier molecular flexibility index (Phi) is 4.50. The number of carbonyl (C=O) groups excluding carboxylic acids is 1. The lowest BCUT2D eigenvalue weighted by Gasteiger charge is -2.51. The van der Waals surface area contributed by atoms with E-state index in [-0.39, 0.29) is 23.9 Å². The molecule has 136 valence electrons. The number of piperidine rings is 3. The van der Waals surface area contributed by atoms with Crippen molar-refractivity contribution in [3.8, 4) is 0 Å². The van der Waals surface area contributed by atoms with Gasteiger partial charge in [0.15, 0.2) is 0 Å². The van der Waals surface area contributed by atoms with Crippen LogP contribution in [0.5, 0.6) is 0 Å². The monoisotopic (exact) mass is 350 g/mol. The first-order valence-corrected chi connectivity index (χ1v) is 9.07. The zero-order valence-electron chi connectivity index (χ0n) is 14.5. The Hall–Kier alpha value is -1.53. The molecule has 5 rings (SSSR count). The zero-order valence-corrected chi connectivity index (χ0v) is 14.5. The van der Waals surface area contributed by atoms with Gasteiger partial charge >= 0.3 is 0 Å². The van der Waals surface area contributed by atoms with Gasteiger partial charge in [0.25, 0.3) is 0 Å². The summed E-state index contributed by atoms with van der Waals surface area (Å²) in [4.78, 5) is 17.1. The average Bonchev–Trinajstić information content (AvgIpc) is 3.03. The van der Waals surface area contributed by atoms with Crippen molar-refractivity contribution in [2.45, 2.75) is 37.3 Å². The molecule has 0 N–H and O–H groups in total. The summed E-state index contributed by atoms with van der Waals surface area (Å²) in [6.07, 6.45) is 2.55. The third-order valence-corrected chi connectivity index (χ3v) is 6.15. The summed E-state index contributed by atoms with van der Waals surface area (Å²) >= 11 is 0. The molecule has 0 radical (unpaired) electrons. The summed E-state index contributed by atoms with van der Waals surface area (Å²) in [6, 6.07) is 4.09. The molecule has 1 aromatic carbocycles. The number of fused-ring (bicyclic) bond motifs is 2. The van der Waals surface area contributed by atoms with E-state index in [4.69, 9.17) is 4.74 Å². The average molecular weight is 350 g/mol. The Bertz CT molecular complexity index is 641.